The van der Waals surface area contributed by atoms with Crippen molar-refractivity contribution in [3.8, 4) is 11.5 Å². The lowest BCUT2D eigenvalue weighted by atomic mass is 10.00. The molecule has 8 heteroatoms. The summed E-state index contributed by atoms with van der Waals surface area (Å²) in [5.74, 6) is 1.18. The van der Waals surface area contributed by atoms with Gasteiger partial charge in [-0.3, -0.25) is 19.4 Å². The molecule has 0 bridgehead atoms. The summed E-state index contributed by atoms with van der Waals surface area (Å²) in [5.41, 5.74) is 2.40. The van der Waals surface area contributed by atoms with Crippen molar-refractivity contribution < 1.29 is 19.1 Å². The number of nitrogens with zero attached hydrogens (tertiary/aromatic N) is 2. The quantitative estimate of drug-likeness (QED) is 0.761. The van der Waals surface area contributed by atoms with Gasteiger partial charge in [0.2, 0.25) is 5.91 Å². The molecule has 1 unspecified atom stereocenters. The summed E-state index contributed by atoms with van der Waals surface area (Å²) in [4.78, 5) is 29.1. The Morgan fingerprint density at radius 2 is 1.87 bits per heavy atom. The molecule has 0 aromatic heterocycles. The Morgan fingerprint density at radius 1 is 1.06 bits per heavy atom. The van der Waals surface area contributed by atoms with Gasteiger partial charge in [0.25, 0.3) is 5.91 Å². The third-order valence-electron chi connectivity index (χ3n) is 5.69. The zero-order valence-electron chi connectivity index (χ0n) is 17.9. The standard InChI is InChI=1S/C23H28N4O4/c1-24-23(29)17-5-3-4-16(12-17)19-14-27(9-8-26(19)2)15-22(28)25-18-6-7-20-21(13-18)31-11-10-30-20/h3-7,12-13,19H,8-11,14-15H2,1-2H3,(H,24,29)(H,25,28). The number of anilines is 1. The van der Waals surface area contributed by atoms with E-state index in [2.05, 4.69) is 27.5 Å². The molecular formula is C23H28N4O4. The molecule has 2 aliphatic rings. The number of fused-ring (bicyclic) bond motifs is 1. The monoisotopic (exact) mass is 424 g/mol. The predicted molar refractivity (Wildman–Crippen MR) is 118 cm³/mol. The summed E-state index contributed by atoms with van der Waals surface area (Å²) in [5, 5.41) is 5.62. The Labute approximate surface area is 182 Å². The number of amides is 2. The molecule has 31 heavy (non-hydrogen) atoms. The molecule has 4 rings (SSSR count). The number of ether oxygens (including phenoxy) is 2. The Hall–Kier alpha value is -3.10. The van der Waals surface area contributed by atoms with Gasteiger partial charge in [0, 0.05) is 50.0 Å². The molecule has 1 atom stereocenters. The highest BCUT2D eigenvalue weighted by Crippen LogP contribution is 2.32. The van der Waals surface area contributed by atoms with Crippen LogP contribution in [-0.4, -0.2) is 75.1 Å². The molecule has 164 valence electrons. The minimum absolute atomic E-state index is 0.0703. The summed E-state index contributed by atoms with van der Waals surface area (Å²) in [6.45, 7) is 3.70. The number of likely N-dealkylation sites (N-methyl/N-ethyl adjacent to an activating group) is 1. The van der Waals surface area contributed by atoms with Gasteiger partial charge in [-0.05, 0) is 36.9 Å². The van der Waals surface area contributed by atoms with Crippen LogP contribution in [0.4, 0.5) is 5.69 Å². The van der Waals surface area contributed by atoms with Crippen molar-refractivity contribution in [2.75, 3.05) is 58.8 Å². The van der Waals surface area contributed by atoms with Crippen molar-refractivity contribution in [2.24, 2.45) is 0 Å². The maximum absolute atomic E-state index is 12.7. The highest BCUT2D eigenvalue weighted by atomic mass is 16.6. The van der Waals surface area contributed by atoms with E-state index in [-0.39, 0.29) is 17.9 Å². The first-order chi connectivity index (χ1) is 15.0. The highest BCUT2D eigenvalue weighted by molar-refractivity contribution is 5.94. The zero-order valence-corrected chi connectivity index (χ0v) is 17.9. The van der Waals surface area contributed by atoms with Gasteiger partial charge in [0.05, 0.1) is 6.54 Å². The second kappa shape index (κ2) is 9.36. The molecule has 8 nitrogen and oxygen atoms in total. The summed E-state index contributed by atoms with van der Waals surface area (Å²) < 4.78 is 11.1. The average Bonchev–Trinajstić information content (AvgIpc) is 2.79. The third-order valence-corrected chi connectivity index (χ3v) is 5.69. The summed E-state index contributed by atoms with van der Waals surface area (Å²) in [6, 6.07) is 13.2. The number of hydrogen-bond acceptors (Lipinski definition) is 6. The minimum Gasteiger partial charge on any atom is -0.486 e. The van der Waals surface area contributed by atoms with Crippen LogP contribution in [0.3, 0.4) is 0 Å². The smallest absolute Gasteiger partial charge is 0.251 e. The largest absolute Gasteiger partial charge is 0.486 e. The second-order valence-electron chi connectivity index (χ2n) is 7.84. The van der Waals surface area contributed by atoms with Crippen LogP contribution in [0.1, 0.15) is 22.0 Å². The first kappa shape index (κ1) is 21.1. The fraction of sp³-hybridized carbons (Fsp3) is 0.391. The number of nitrogens with one attached hydrogen (secondary N) is 2. The van der Waals surface area contributed by atoms with Gasteiger partial charge in [-0.2, -0.15) is 0 Å². The summed E-state index contributed by atoms with van der Waals surface area (Å²) in [6.07, 6.45) is 0. The van der Waals surface area contributed by atoms with Crippen LogP contribution in [0.5, 0.6) is 11.5 Å². The van der Waals surface area contributed by atoms with E-state index in [1.165, 1.54) is 0 Å². The van der Waals surface area contributed by atoms with Crippen LogP contribution in [0.25, 0.3) is 0 Å². The molecule has 0 spiro atoms. The molecule has 0 saturated carbocycles. The average molecular weight is 425 g/mol. The van der Waals surface area contributed by atoms with Crippen LogP contribution in [0.2, 0.25) is 0 Å². The Bertz CT molecular complexity index is 964. The second-order valence-corrected chi connectivity index (χ2v) is 7.84. The van der Waals surface area contributed by atoms with Crippen molar-refractivity contribution in [3.05, 3.63) is 53.6 Å². The Kier molecular flexibility index (Phi) is 6.39. The van der Waals surface area contributed by atoms with Crippen LogP contribution in [0.15, 0.2) is 42.5 Å². The van der Waals surface area contributed by atoms with Gasteiger partial charge < -0.3 is 20.1 Å². The van der Waals surface area contributed by atoms with Gasteiger partial charge >= 0.3 is 0 Å². The first-order valence-electron chi connectivity index (χ1n) is 10.5. The fourth-order valence-corrected chi connectivity index (χ4v) is 3.99. The molecule has 2 amide bonds. The number of rotatable bonds is 5. The van der Waals surface area contributed by atoms with E-state index in [1.54, 1.807) is 13.1 Å². The maximum Gasteiger partial charge on any atom is 0.251 e. The summed E-state index contributed by atoms with van der Waals surface area (Å²) in [7, 11) is 3.70. The number of carbonyl (C=O) groups excluding carboxylic acids is 2. The normalized spacial score (nSPS) is 19.0. The minimum atomic E-state index is -0.101. The van der Waals surface area contributed by atoms with Crippen molar-refractivity contribution in [1.82, 2.24) is 15.1 Å². The van der Waals surface area contributed by atoms with E-state index >= 15 is 0 Å². The van der Waals surface area contributed by atoms with Crippen LogP contribution < -0.4 is 20.1 Å². The number of carbonyl (C=O) groups is 2. The molecule has 2 aliphatic heterocycles. The predicted octanol–water partition coefficient (Wildman–Crippen LogP) is 1.74. The molecule has 1 fully saturated rings. The molecule has 2 aromatic rings. The van der Waals surface area contributed by atoms with E-state index in [0.29, 0.717) is 49.1 Å². The van der Waals surface area contributed by atoms with Crippen molar-refractivity contribution in [1.29, 1.82) is 0 Å². The van der Waals surface area contributed by atoms with Crippen LogP contribution in [0, 0.1) is 0 Å². The number of hydrogen-bond donors (Lipinski definition) is 2. The van der Waals surface area contributed by atoms with Gasteiger partial charge in [0.1, 0.15) is 13.2 Å². The lowest BCUT2D eigenvalue weighted by Crippen LogP contribution is -2.48. The first-order valence-corrected chi connectivity index (χ1v) is 10.5. The molecule has 0 aliphatic carbocycles. The van der Waals surface area contributed by atoms with E-state index < -0.39 is 0 Å². The van der Waals surface area contributed by atoms with Gasteiger partial charge in [0.15, 0.2) is 11.5 Å². The molecule has 2 N–H and O–H groups in total. The summed E-state index contributed by atoms with van der Waals surface area (Å²) >= 11 is 0. The van der Waals surface area contributed by atoms with Crippen LogP contribution in [-0.2, 0) is 4.79 Å². The zero-order chi connectivity index (χ0) is 21.8. The van der Waals surface area contributed by atoms with Crippen LogP contribution >= 0.6 is 0 Å². The molecule has 0 radical (unpaired) electrons. The van der Waals surface area contributed by atoms with Crippen molar-refractivity contribution >= 4 is 17.5 Å². The van der Waals surface area contributed by atoms with Gasteiger partial charge in [-0.25, -0.2) is 0 Å². The maximum atomic E-state index is 12.7. The highest BCUT2D eigenvalue weighted by Gasteiger charge is 2.27. The topological polar surface area (TPSA) is 83.1 Å². The van der Waals surface area contributed by atoms with E-state index in [1.807, 2.05) is 36.4 Å². The van der Waals surface area contributed by atoms with Gasteiger partial charge in [-0.15, -0.1) is 0 Å². The fourth-order valence-electron chi connectivity index (χ4n) is 3.99. The third kappa shape index (κ3) is 4.98. The molecule has 2 aromatic carbocycles. The lowest BCUT2D eigenvalue weighted by molar-refractivity contribution is -0.118. The van der Waals surface area contributed by atoms with E-state index in [4.69, 9.17) is 9.47 Å². The van der Waals surface area contributed by atoms with Gasteiger partial charge in [-0.1, -0.05) is 12.1 Å². The molecule has 1 saturated heterocycles. The number of benzene rings is 2. The molecular weight excluding hydrogens is 396 g/mol. The van der Waals surface area contributed by atoms with E-state index in [9.17, 15) is 9.59 Å². The Balaban J connectivity index is 1.39. The lowest BCUT2D eigenvalue weighted by Gasteiger charge is -2.39. The molecule has 2 heterocycles. The SMILES string of the molecule is CNC(=O)c1cccc(C2CN(CC(=O)Nc3ccc4c(c3)OCCO4)CCN2C)c1. The number of piperazine rings is 1. The Morgan fingerprint density at radius 3 is 2.68 bits per heavy atom. The van der Waals surface area contributed by atoms with Crippen molar-refractivity contribution in [2.45, 2.75) is 6.04 Å². The van der Waals surface area contributed by atoms with Crippen molar-refractivity contribution in [3.63, 3.8) is 0 Å². The van der Waals surface area contributed by atoms with E-state index in [0.717, 1.165) is 18.7 Å².